The second-order valence-corrected chi connectivity index (χ2v) is 17.4. The molecule has 0 fully saturated rings. The summed E-state index contributed by atoms with van der Waals surface area (Å²) in [4.78, 5) is 0. The van der Waals surface area contributed by atoms with Crippen molar-refractivity contribution in [1.82, 2.24) is 0 Å². The summed E-state index contributed by atoms with van der Waals surface area (Å²) in [6.07, 6.45) is 13.2. The van der Waals surface area contributed by atoms with E-state index < -0.39 is 0 Å². The minimum Gasteiger partial charge on any atom is -0.0585 e. The Kier molecular flexibility index (Phi) is 10.1. The SMILES string of the molecule is CC(C)(C)c1ccc2c(c1)CCC2.CC(C)(C)c1ccc2c(c1)CCC2(C)C.CC(C)(C)c1ccc2c(c1)CCCCC2. The number of aryl methyl sites for hydroxylation is 5. The largest absolute Gasteiger partial charge is 0.0585 e. The summed E-state index contributed by atoms with van der Waals surface area (Å²) < 4.78 is 0. The zero-order chi connectivity index (χ0) is 31.6. The van der Waals surface area contributed by atoms with Crippen molar-refractivity contribution >= 4 is 0 Å². The Hall–Kier alpha value is -2.34. The fraction of sp³-hybridized carbons (Fsp3) is 0.581. The Balaban J connectivity index is 0.000000148. The van der Waals surface area contributed by atoms with E-state index in [0.717, 1.165) is 0 Å². The van der Waals surface area contributed by atoms with Crippen molar-refractivity contribution in [1.29, 1.82) is 0 Å². The van der Waals surface area contributed by atoms with E-state index in [4.69, 9.17) is 0 Å². The molecule has 234 valence electrons. The zero-order valence-corrected chi connectivity index (χ0v) is 29.8. The summed E-state index contributed by atoms with van der Waals surface area (Å²) >= 11 is 0. The lowest BCUT2D eigenvalue weighted by Crippen LogP contribution is -2.14. The molecule has 0 saturated heterocycles. The second kappa shape index (κ2) is 12.9. The Morgan fingerprint density at radius 1 is 0.419 bits per heavy atom. The molecule has 0 amide bonds. The van der Waals surface area contributed by atoms with Gasteiger partial charge in [-0.1, -0.05) is 137 Å². The number of benzene rings is 3. The second-order valence-electron chi connectivity index (χ2n) is 17.4. The van der Waals surface area contributed by atoms with Gasteiger partial charge in [-0.3, -0.25) is 0 Å². The smallest absolute Gasteiger partial charge is 0.00977 e. The number of hydrogen-bond acceptors (Lipinski definition) is 0. The van der Waals surface area contributed by atoms with Crippen LogP contribution in [0.15, 0.2) is 54.6 Å². The monoisotopic (exact) mass is 578 g/mol. The first-order valence-electron chi connectivity index (χ1n) is 17.3. The molecule has 0 bridgehead atoms. The van der Waals surface area contributed by atoms with Gasteiger partial charge in [0, 0.05) is 0 Å². The Morgan fingerprint density at radius 2 is 0.814 bits per heavy atom. The van der Waals surface area contributed by atoms with Gasteiger partial charge in [-0.05, 0) is 130 Å². The van der Waals surface area contributed by atoms with Gasteiger partial charge in [0.1, 0.15) is 0 Å². The molecule has 0 heteroatoms. The van der Waals surface area contributed by atoms with Crippen molar-refractivity contribution < 1.29 is 0 Å². The van der Waals surface area contributed by atoms with Crippen molar-refractivity contribution in [2.75, 3.05) is 0 Å². The summed E-state index contributed by atoms with van der Waals surface area (Å²) in [5, 5.41) is 0. The van der Waals surface area contributed by atoms with Crippen LogP contribution in [0, 0.1) is 0 Å². The van der Waals surface area contributed by atoms with Crippen LogP contribution >= 0.6 is 0 Å². The highest BCUT2D eigenvalue weighted by molar-refractivity contribution is 5.43. The molecule has 0 aliphatic heterocycles. The maximum Gasteiger partial charge on any atom is -0.00977 e. The van der Waals surface area contributed by atoms with Gasteiger partial charge in [-0.15, -0.1) is 0 Å². The van der Waals surface area contributed by atoms with E-state index >= 15 is 0 Å². The molecule has 0 nitrogen and oxygen atoms in total. The molecule has 3 aromatic carbocycles. The lowest BCUT2D eigenvalue weighted by Gasteiger charge is -2.22. The van der Waals surface area contributed by atoms with Crippen molar-refractivity contribution in [2.24, 2.45) is 0 Å². The molecule has 6 rings (SSSR count). The molecule has 0 atom stereocenters. The van der Waals surface area contributed by atoms with E-state index in [0.29, 0.717) is 16.2 Å². The van der Waals surface area contributed by atoms with Gasteiger partial charge in [0.15, 0.2) is 0 Å². The van der Waals surface area contributed by atoms with Crippen LogP contribution in [0.5, 0.6) is 0 Å². The number of fused-ring (bicyclic) bond motifs is 3. The van der Waals surface area contributed by atoms with Crippen LogP contribution in [-0.2, 0) is 53.8 Å². The fourth-order valence-corrected chi connectivity index (χ4v) is 6.92. The summed E-state index contributed by atoms with van der Waals surface area (Å²) in [7, 11) is 0. The average molecular weight is 579 g/mol. The third-order valence-corrected chi connectivity index (χ3v) is 10.1. The summed E-state index contributed by atoms with van der Waals surface area (Å²) in [5.74, 6) is 0. The Bertz CT molecular complexity index is 1380. The summed E-state index contributed by atoms with van der Waals surface area (Å²) in [6.45, 7) is 25.3. The van der Waals surface area contributed by atoms with E-state index in [1.807, 2.05) is 0 Å². The topological polar surface area (TPSA) is 0 Å². The van der Waals surface area contributed by atoms with Crippen LogP contribution in [0.1, 0.15) is 158 Å². The first-order chi connectivity index (χ1) is 19.9. The highest BCUT2D eigenvalue weighted by Gasteiger charge is 2.30. The standard InChI is InChI=1S/2C15H22.C13H18/c1-14(2,3)12-6-7-13-11(10-12)8-9-15(13,4)5;1-15(2,3)14-10-9-12-7-5-4-6-8-13(12)11-14;1-13(2,3)12-8-7-10-5-4-6-11(10)9-12/h6-7,10H,8-9H2,1-5H3;9-11H,4-8H2,1-3H3;7-9H,4-6H2,1-3H3. The quantitative estimate of drug-likeness (QED) is 0.233. The molecule has 43 heavy (non-hydrogen) atoms. The molecule has 0 saturated carbocycles. The third-order valence-electron chi connectivity index (χ3n) is 10.1. The Labute approximate surface area is 266 Å². The molecular formula is C43H62. The van der Waals surface area contributed by atoms with Gasteiger partial charge < -0.3 is 0 Å². The minimum atomic E-state index is 0.280. The molecule has 0 unspecified atom stereocenters. The summed E-state index contributed by atoms with van der Waals surface area (Å²) in [5.41, 5.74) is 15.2. The van der Waals surface area contributed by atoms with Gasteiger partial charge >= 0.3 is 0 Å². The molecule has 0 spiro atoms. The van der Waals surface area contributed by atoms with Gasteiger partial charge in [0.05, 0.1) is 0 Å². The van der Waals surface area contributed by atoms with Crippen LogP contribution < -0.4 is 0 Å². The Morgan fingerprint density at radius 3 is 1.30 bits per heavy atom. The fourth-order valence-electron chi connectivity index (χ4n) is 6.92. The van der Waals surface area contributed by atoms with E-state index in [1.54, 1.807) is 33.4 Å². The van der Waals surface area contributed by atoms with Crippen molar-refractivity contribution in [3.63, 3.8) is 0 Å². The number of hydrogen-bond donors (Lipinski definition) is 0. The highest BCUT2D eigenvalue weighted by atomic mass is 14.3. The van der Waals surface area contributed by atoms with Gasteiger partial charge in [0.2, 0.25) is 0 Å². The molecule has 0 N–H and O–H groups in total. The van der Waals surface area contributed by atoms with E-state index in [-0.39, 0.29) is 5.41 Å². The molecule has 3 aromatic rings. The zero-order valence-electron chi connectivity index (χ0n) is 29.8. The first kappa shape index (κ1) is 33.6. The van der Waals surface area contributed by atoms with Crippen LogP contribution in [0.4, 0.5) is 0 Å². The van der Waals surface area contributed by atoms with Crippen molar-refractivity contribution in [3.05, 3.63) is 105 Å². The first-order valence-corrected chi connectivity index (χ1v) is 17.3. The van der Waals surface area contributed by atoms with E-state index in [2.05, 4.69) is 131 Å². The maximum absolute atomic E-state index is 2.45. The molecule has 3 aliphatic carbocycles. The van der Waals surface area contributed by atoms with Crippen LogP contribution in [0.3, 0.4) is 0 Å². The van der Waals surface area contributed by atoms with Crippen LogP contribution in [-0.4, -0.2) is 0 Å². The van der Waals surface area contributed by atoms with E-state index in [1.165, 1.54) is 80.9 Å². The molecule has 0 aromatic heterocycles. The normalized spacial score (nSPS) is 17.4. The predicted octanol–water partition coefficient (Wildman–Crippen LogP) is 11.9. The van der Waals surface area contributed by atoms with Crippen molar-refractivity contribution in [3.8, 4) is 0 Å². The average Bonchev–Trinajstić information content (AvgIpc) is 3.42. The third kappa shape index (κ3) is 8.65. The van der Waals surface area contributed by atoms with Crippen molar-refractivity contribution in [2.45, 2.75) is 162 Å². The van der Waals surface area contributed by atoms with Crippen LogP contribution in [0.25, 0.3) is 0 Å². The summed E-state index contributed by atoms with van der Waals surface area (Å²) in [6, 6.07) is 21.2. The lowest BCUT2D eigenvalue weighted by molar-refractivity contribution is 0.522. The van der Waals surface area contributed by atoms with Gasteiger partial charge in [-0.2, -0.15) is 0 Å². The molecule has 0 radical (unpaired) electrons. The van der Waals surface area contributed by atoms with Gasteiger partial charge in [0.25, 0.3) is 0 Å². The van der Waals surface area contributed by atoms with Gasteiger partial charge in [-0.25, -0.2) is 0 Å². The van der Waals surface area contributed by atoms with Crippen LogP contribution in [0.2, 0.25) is 0 Å². The predicted molar refractivity (Wildman–Crippen MR) is 190 cm³/mol. The molecular weight excluding hydrogens is 516 g/mol. The molecule has 3 aliphatic rings. The molecule has 0 heterocycles. The van der Waals surface area contributed by atoms with E-state index in [9.17, 15) is 0 Å². The minimum absolute atomic E-state index is 0.280. The lowest BCUT2D eigenvalue weighted by atomic mass is 9.82. The highest BCUT2D eigenvalue weighted by Crippen LogP contribution is 2.40. The maximum atomic E-state index is 2.45. The number of rotatable bonds is 0.